The summed E-state index contributed by atoms with van der Waals surface area (Å²) < 4.78 is 0. The molecule has 0 spiro atoms. The molecule has 17 heavy (non-hydrogen) atoms. The third-order valence-corrected chi connectivity index (χ3v) is 3.20. The second-order valence-electron chi connectivity index (χ2n) is 3.81. The van der Waals surface area contributed by atoms with E-state index in [9.17, 15) is 0 Å². The van der Waals surface area contributed by atoms with Gasteiger partial charge in [0, 0.05) is 17.8 Å². The molecule has 0 aromatic carbocycles. The van der Waals surface area contributed by atoms with Crippen LogP contribution in [0.3, 0.4) is 0 Å². The van der Waals surface area contributed by atoms with Gasteiger partial charge in [-0.05, 0) is 19.9 Å². The van der Waals surface area contributed by atoms with Crippen LogP contribution in [0, 0.1) is 6.92 Å². The summed E-state index contributed by atoms with van der Waals surface area (Å²) >= 11 is 1.66. The number of nitrogens with zero attached hydrogens (tertiary/aromatic N) is 3. The Morgan fingerprint density at radius 2 is 2.24 bits per heavy atom. The highest BCUT2D eigenvalue weighted by atomic mass is 32.1. The van der Waals surface area contributed by atoms with Gasteiger partial charge in [0.2, 0.25) is 0 Å². The van der Waals surface area contributed by atoms with Crippen LogP contribution in [0.5, 0.6) is 0 Å². The van der Waals surface area contributed by atoms with Crippen LogP contribution in [0.1, 0.15) is 35.8 Å². The fourth-order valence-electron chi connectivity index (χ4n) is 1.62. The first kappa shape index (κ1) is 12.1. The van der Waals surface area contributed by atoms with Crippen molar-refractivity contribution in [3.63, 3.8) is 0 Å². The molecule has 2 heterocycles. The van der Waals surface area contributed by atoms with Gasteiger partial charge in [-0.25, -0.2) is 4.98 Å². The lowest BCUT2D eigenvalue weighted by atomic mass is 10.1. The minimum Gasteiger partial charge on any atom is -0.304 e. The van der Waals surface area contributed by atoms with Crippen LogP contribution >= 0.6 is 11.3 Å². The molecule has 1 atom stereocenters. The summed E-state index contributed by atoms with van der Waals surface area (Å²) in [6, 6.07) is 0.0496. The zero-order valence-corrected chi connectivity index (χ0v) is 10.9. The van der Waals surface area contributed by atoms with Crippen LogP contribution in [0.15, 0.2) is 24.0 Å². The molecule has 0 saturated carbocycles. The van der Waals surface area contributed by atoms with Crippen molar-refractivity contribution in [3.8, 4) is 0 Å². The van der Waals surface area contributed by atoms with E-state index < -0.39 is 0 Å². The smallest absolute Gasteiger partial charge is 0.0949 e. The van der Waals surface area contributed by atoms with Gasteiger partial charge < -0.3 is 5.32 Å². The van der Waals surface area contributed by atoms with Crippen molar-refractivity contribution in [3.05, 3.63) is 40.4 Å². The zero-order valence-electron chi connectivity index (χ0n) is 10.1. The maximum atomic E-state index is 4.53. The van der Waals surface area contributed by atoms with E-state index in [1.807, 2.05) is 6.92 Å². The van der Waals surface area contributed by atoms with Crippen LogP contribution in [0.2, 0.25) is 0 Å². The third-order valence-electron chi connectivity index (χ3n) is 2.41. The molecule has 0 aliphatic carbocycles. The summed E-state index contributed by atoms with van der Waals surface area (Å²) in [5, 5.41) is 6.61. The number of hydrogen-bond donors (Lipinski definition) is 1. The summed E-state index contributed by atoms with van der Waals surface area (Å²) in [6.07, 6.45) is 6.28. The maximum absolute atomic E-state index is 4.53. The van der Waals surface area contributed by atoms with E-state index in [1.54, 1.807) is 29.9 Å². The third kappa shape index (κ3) is 3.08. The second-order valence-corrected chi connectivity index (χ2v) is 4.87. The summed E-state index contributed by atoms with van der Waals surface area (Å²) in [4.78, 5) is 13.0. The lowest BCUT2D eigenvalue weighted by molar-refractivity contribution is 0.574. The first-order chi connectivity index (χ1) is 8.31. The molecular weight excluding hydrogens is 232 g/mol. The lowest BCUT2D eigenvalue weighted by Crippen LogP contribution is -2.24. The second kappa shape index (κ2) is 5.84. The molecule has 2 aromatic rings. The molecule has 4 nitrogen and oxygen atoms in total. The van der Waals surface area contributed by atoms with Crippen molar-refractivity contribution < 1.29 is 0 Å². The summed E-state index contributed by atoms with van der Waals surface area (Å²) in [6.45, 7) is 5.10. The number of hydrogen-bond acceptors (Lipinski definition) is 5. The quantitative estimate of drug-likeness (QED) is 0.882. The zero-order chi connectivity index (χ0) is 12.1. The first-order valence-corrected chi connectivity index (χ1v) is 6.60. The average molecular weight is 248 g/mol. The Bertz CT molecular complexity index is 455. The van der Waals surface area contributed by atoms with Gasteiger partial charge in [-0.1, -0.05) is 6.92 Å². The molecule has 0 saturated heterocycles. The fourth-order valence-corrected chi connectivity index (χ4v) is 2.26. The van der Waals surface area contributed by atoms with Crippen molar-refractivity contribution >= 4 is 11.3 Å². The molecule has 5 heteroatoms. The molecule has 0 bridgehead atoms. The van der Waals surface area contributed by atoms with E-state index in [-0.39, 0.29) is 6.04 Å². The predicted molar refractivity (Wildman–Crippen MR) is 69.0 cm³/mol. The van der Waals surface area contributed by atoms with Crippen molar-refractivity contribution in [2.75, 3.05) is 6.54 Å². The van der Waals surface area contributed by atoms with E-state index >= 15 is 0 Å². The summed E-state index contributed by atoms with van der Waals surface area (Å²) in [5.74, 6) is 0. The number of rotatable bonds is 5. The van der Waals surface area contributed by atoms with Crippen LogP contribution < -0.4 is 5.32 Å². The first-order valence-electron chi connectivity index (χ1n) is 5.72. The summed E-state index contributed by atoms with van der Waals surface area (Å²) in [7, 11) is 0. The molecule has 2 aromatic heterocycles. The molecule has 2 rings (SSSR count). The number of thiazole rings is 1. The van der Waals surface area contributed by atoms with Gasteiger partial charge in [0.05, 0.1) is 28.6 Å². The molecule has 1 N–H and O–H groups in total. The highest BCUT2D eigenvalue weighted by Gasteiger charge is 2.17. The highest BCUT2D eigenvalue weighted by molar-refractivity contribution is 7.09. The molecule has 0 fully saturated rings. The Kier molecular flexibility index (Phi) is 4.17. The number of aromatic nitrogens is 3. The molecule has 1 unspecified atom stereocenters. The van der Waals surface area contributed by atoms with Crippen LogP contribution in [-0.2, 0) is 0 Å². The van der Waals surface area contributed by atoms with Crippen molar-refractivity contribution in [1.82, 2.24) is 20.3 Å². The van der Waals surface area contributed by atoms with Gasteiger partial charge in [0.1, 0.15) is 0 Å². The van der Waals surface area contributed by atoms with Crippen LogP contribution in [-0.4, -0.2) is 21.5 Å². The van der Waals surface area contributed by atoms with Crippen molar-refractivity contribution in [2.24, 2.45) is 0 Å². The molecule has 0 amide bonds. The van der Waals surface area contributed by atoms with E-state index in [0.29, 0.717) is 0 Å². The Balaban J connectivity index is 2.25. The normalized spacial score (nSPS) is 12.6. The van der Waals surface area contributed by atoms with Crippen molar-refractivity contribution in [1.29, 1.82) is 0 Å². The maximum Gasteiger partial charge on any atom is 0.0949 e. The number of aryl methyl sites for hydroxylation is 1. The molecule has 0 radical (unpaired) electrons. The monoisotopic (exact) mass is 248 g/mol. The Morgan fingerprint density at radius 3 is 2.82 bits per heavy atom. The van der Waals surface area contributed by atoms with Gasteiger partial charge in [-0.2, -0.15) is 0 Å². The van der Waals surface area contributed by atoms with Gasteiger partial charge in [0.15, 0.2) is 0 Å². The van der Waals surface area contributed by atoms with Crippen LogP contribution in [0.25, 0.3) is 0 Å². The largest absolute Gasteiger partial charge is 0.304 e. The van der Waals surface area contributed by atoms with E-state index in [1.165, 1.54) is 0 Å². The predicted octanol–water partition coefficient (Wildman–Crippen LogP) is 2.33. The Labute approximate surface area is 105 Å². The van der Waals surface area contributed by atoms with Gasteiger partial charge in [-0.3, -0.25) is 9.97 Å². The summed E-state index contributed by atoms with van der Waals surface area (Å²) in [5.41, 5.74) is 1.95. The van der Waals surface area contributed by atoms with Gasteiger partial charge in [-0.15, -0.1) is 11.3 Å². The van der Waals surface area contributed by atoms with E-state index in [2.05, 4.69) is 32.6 Å². The molecule has 0 aliphatic rings. The van der Waals surface area contributed by atoms with E-state index in [0.717, 1.165) is 29.4 Å². The number of nitrogens with one attached hydrogen (secondary N) is 1. The SMILES string of the molecule is CCCNC(c1cnccn1)c1csc(C)n1. The van der Waals surface area contributed by atoms with Crippen molar-refractivity contribution in [2.45, 2.75) is 26.3 Å². The minimum absolute atomic E-state index is 0.0496. The standard InChI is InChI=1S/C12H16N4S/c1-3-4-15-12(10-7-13-5-6-14-10)11-8-17-9(2)16-11/h5-8,12,15H,3-4H2,1-2H3. The lowest BCUT2D eigenvalue weighted by Gasteiger charge is -2.15. The molecule has 0 aliphatic heterocycles. The van der Waals surface area contributed by atoms with Crippen LogP contribution in [0.4, 0.5) is 0 Å². The Hall–Kier alpha value is -1.33. The molecular formula is C12H16N4S. The van der Waals surface area contributed by atoms with E-state index in [4.69, 9.17) is 0 Å². The van der Waals surface area contributed by atoms with Gasteiger partial charge >= 0.3 is 0 Å². The topological polar surface area (TPSA) is 50.7 Å². The molecule has 90 valence electrons. The fraction of sp³-hybridized carbons (Fsp3) is 0.417. The Morgan fingerprint density at radius 1 is 1.35 bits per heavy atom. The average Bonchev–Trinajstić information content (AvgIpc) is 2.78. The van der Waals surface area contributed by atoms with Gasteiger partial charge in [0.25, 0.3) is 0 Å². The highest BCUT2D eigenvalue weighted by Crippen LogP contribution is 2.21. The minimum atomic E-state index is 0.0496.